The summed E-state index contributed by atoms with van der Waals surface area (Å²) in [6, 6.07) is 7.37. The van der Waals surface area contributed by atoms with E-state index in [0.29, 0.717) is 13.0 Å². The van der Waals surface area contributed by atoms with Gasteiger partial charge >= 0.3 is 5.97 Å². The van der Waals surface area contributed by atoms with Gasteiger partial charge in [-0.2, -0.15) is 0 Å². The first-order valence-corrected chi connectivity index (χ1v) is 7.93. The Bertz CT molecular complexity index is 440. The van der Waals surface area contributed by atoms with E-state index in [1.165, 1.54) is 11.8 Å². The summed E-state index contributed by atoms with van der Waals surface area (Å²) in [6.45, 7) is 6.23. The molecule has 0 aliphatic heterocycles. The van der Waals surface area contributed by atoms with Crippen molar-refractivity contribution in [2.24, 2.45) is 0 Å². The van der Waals surface area contributed by atoms with Crippen molar-refractivity contribution >= 4 is 23.5 Å². The zero-order valence-electron chi connectivity index (χ0n) is 12.3. The topological polar surface area (TPSA) is 43.4 Å². The summed E-state index contributed by atoms with van der Waals surface area (Å²) in [5.74, 6) is -0.0502. The Balaban J connectivity index is 2.51. The highest BCUT2D eigenvalue weighted by Gasteiger charge is 2.15. The maximum absolute atomic E-state index is 11.7. The molecule has 0 saturated carbocycles. The predicted molar refractivity (Wildman–Crippen MR) is 82.2 cm³/mol. The fraction of sp³-hybridized carbons (Fsp3) is 0.500. The third-order valence-electron chi connectivity index (χ3n) is 2.88. The highest BCUT2D eigenvalue weighted by molar-refractivity contribution is 8.00. The smallest absolute Gasteiger partial charge is 0.319 e. The third-order valence-corrected chi connectivity index (χ3v) is 3.97. The van der Waals surface area contributed by atoms with Crippen molar-refractivity contribution in [2.45, 2.75) is 50.2 Å². The summed E-state index contributed by atoms with van der Waals surface area (Å²) < 4.78 is 5.18. The molecule has 0 aromatic heterocycles. The third kappa shape index (κ3) is 5.37. The standard InChI is InChI=1S/C16H22O3S/c1-4-6-11-19-16(18)12(3)20-14-9-7-13(8-10-14)15(17)5-2/h7-10,12H,4-6,11H2,1-3H3. The van der Waals surface area contributed by atoms with Crippen LogP contribution >= 0.6 is 11.8 Å². The van der Waals surface area contributed by atoms with Gasteiger partial charge in [-0.25, -0.2) is 0 Å². The molecule has 1 aromatic rings. The van der Waals surface area contributed by atoms with Crippen LogP contribution < -0.4 is 0 Å². The van der Waals surface area contributed by atoms with E-state index in [0.717, 1.165) is 23.3 Å². The van der Waals surface area contributed by atoms with E-state index >= 15 is 0 Å². The molecule has 0 fully saturated rings. The number of esters is 1. The molecule has 20 heavy (non-hydrogen) atoms. The lowest BCUT2D eigenvalue weighted by molar-refractivity contribution is -0.142. The lowest BCUT2D eigenvalue weighted by Crippen LogP contribution is -2.17. The van der Waals surface area contributed by atoms with E-state index in [-0.39, 0.29) is 17.0 Å². The molecule has 0 spiro atoms. The molecule has 0 heterocycles. The van der Waals surface area contributed by atoms with Crippen LogP contribution in [0, 0.1) is 0 Å². The Kier molecular flexibility index (Phi) is 7.37. The monoisotopic (exact) mass is 294 g/mol. The first kappa shape index (κ1) is 16.8. The average molecular weight is 294 g/mol. The Morgan fingerprint density at radius 3 is 2.40 bits per heavy atom. The van der Waals surface area contributed by atoms with Crippen LogP contribution in [0.1, 0.15) is 50.4 Å². The molecule has 0 radical (unpaired) electrons. The SMILES string of the molecule is CCCCOC(=O)C(C)Sc1ccc(C(=O)CC)cc1. The van der Waals surface area contributed by atoms with Crippen LogP contribution in [0.4, 0.5) is 0 Å². The normalized spacial score (nSPS) is 11.9. The summed E-state index contributed by atoms with van der Waals surface area (Å²) in [7, 11) is 0. The van der Waals surface area contributed by atoms with Gasteiger partial charge in [0.2, 0.25) is 0 Å². The number of rotatable bonds is 8. The fourth-order valence-corrected chi connectivity index (χ4v) is 2.48. The van der Waals surface area contributed by atoms with E-state index in [9.17, 15) is 9.59 Å². The molecule has 0 aliphatic rings. The van der Waals surface area contributed by atoms with Crippen molar-refractivity contribution in [1.29, 1.82) is 0 Å². The van der Waals surface area contributed by atoms with Crippen LogP contribution in [0.25, 0.3) is 0 Å². The van der Waals surface area contributed by atoms with Crippen LogP contribution in [-0.2, 0) is 9.53 Å². The summed E-state index contributed by atoms with van der Waals surface area (Å²) in [4.78, 5) is 24.2. The van der Waals surface area contributed by atoms with Gasteiger partial charge in [-0.3, -0.25) is 9.59 Å². The van der Waals surface area contributed by atoms with Gasteiger partial charge in [0, 0.05) is 16.9 Å². The van der Waals surface area contributed by atoms with Crippen molar-refractivity contribution in [1.82, 2.24) is 0 Å². The minimum atomic E-state index is -0.236. The van der Waals surface area contributed by atoms with Crippen LogP contribution in [0.2, 0.25) is 0 Å². The van der Waals surface area contributed by atoms with Gasteiger partial charge in [-0.1, -0.05) is 32.4 Å². The number of hydrogen-bond donors (Lipinski definition) is 0. The number of hydrogen-bond acceptors (Lipinski definition) is 4. The number of carbonyl (C=O) groups is 2. The van der Waals surface area contributed by atoms with Crippen molar-refractivity contribution in [3.63, 3.8) is 0 Å². The predicted octanol–water partition coefficient (Wildman–Crippen LogP) is 4.10. The Labute approximate surface area is 125 Å². The Morgan fingerprint density at radius 2 is 1.85 bits per heavy atom. The van der Waals surface area contributed by atoms with Gasteiger partial charge in [0.25, 0.3) is 0 Å². The molecule has 0 amide bonds. The number of ether oxygens (including phenoxy) is 1. The molecule has 1 unspecified atom stereocenters. The van der Waals surface area contributed by atoms with Crippen LogP contribution in [0.3, 0.4) is 0 Å². The number of benzene rings is 1. The van der Waals surface area contributed by atoms with Crippen LogP contribution in [0.15, 0.2) is 29.2 Å². The molecule has 3 nitrogen and oxygen atoms in total. The molecule has 1 rings (SSSR count). The minimum Gasteiger partial charge on any atom is -0.465 e. The van der Waals surface area contributed by atoms with Crippen LogP contribution in [-0.4, -0.2) is 23.6 Å². The second-order valence-electron chi connectivity index (χ2n) is 4.58. The van der Waals surface area contributed by atoms with Gasteiger partial charge < -0.3 is 4.74 Å². The maximum atomic E-state index is 11.7. The van der Waals surface area contributed by atoms with E-state index in [1.807, 2.05) is 38.1 Å². The number of carbonyl (C=O) groups excluding carboxylic acids is 2. The van der Waals surface area contributed by atoms with Crippen LogP contribution in [0.5, 0.6) is 0 Å². The molecule has 0 N–H and O–H groups in total. The number of thioether (sulfide) groups is 1. The zero-order chi connectivity index (χ0) is 15.0. The molecule has 1 atom stereocenters. The molecule has 110 valence electrons. The molecular weight excluding hydrogens is 272 g/mol. The van der Waals surface area contributed by atoms with E-state index in [1.54, 1.807) is 0 Å². The van der Waals surface area contributed by atoms with Crippen molar-refractivity contribution in [2.75, 3.05) is 6.61 Å². The van der Waals surface area contributed by atoms with Crippen molar-refractivity contribution < 1.29 is 14.3 Å². The van der Waals surface area contributed by atoms with Crippen molar-refractivity contribution in [3.8, 4) is 0 Å². The van der Waals surface area contributed by atoms with Gasteiger partial charge in [0.1, 0.15) is 5.25 Å². The Hall–Kier alpha value is -1.29. The maximum Gasteiger partial charge on any atom is 0.319 e. The lowest BCUT2D eigenvalue weighted by Gasteiger charge is -2.11. The summed E-state index contributed by atoms with van der Waals surface area (Å²) >= 11 is 1.45. The highest BCUT2D eigenvalue weighted by Crippen LogP contribution is 2.24. The number of Topliss-reactive ketones (excluding diaryl/α,β-unsaturated/α-hetero) is 1. The molecule has 4 heteroatoms. The lowest BCUT2D eigenvalue weighted by atomic mass is 10.1. The van der Waals surface area contributed by atoms with E-state index in [4.69, 9.17) is 4.74 Å². The number of ketones is 1. The minimum absolute atomic E-state index is 0.133. The van der Waals surface area contributed by atoms with Gasteiger partial charge in [0.15, 0.2) is 5.78 Å². The first-order valence-electron chi connectivity index (χ1n) is 7.05. The molecule has 0 aliphatic carbocycles. The highest BCUT2D eigenvalue weighted by atomic mass is 32.2. The molecule has 0 bridgehead atoms. The summed E-state index contributed by atoms with van der Waals surface area (Å²) in [5, 5.41) is -0.236. The first-order chi connectivity index (χ1) is 9.58. The molecular formula is C16H22O3S. The second kappa shape index (κ2) is 8.80. The Morgan fingerprint density at radius 1 is 1.20 bits per heavy atom. The number of unbranched alkanes of at least 4 members (excludes halogenated alkanes) is 1. The average Bonchev–Trinajstić information content (AvgIpc) is 2.47. The summed E-state index contributed by atoms with van der Waals surface area (Å²) in [5.41, 5.74) is 0.718. The van der Waals surface area contributed by atoms with Gasteiger partial charge in [-0.15, -0.1) is 11.8 Å². The van der Waals surface area contributed by atoms with Gasteiger partial charge in [0.05, 0.1) is 6.61 Å². The van der Waals surface area contributed by atoms with Crippen molar-refractivity contribution in [3.05, 3.63) is 29.8 Å². The fourth-order valence-electron chi connectivity index (χ4n) is 1.61. The second-order valence-corrected chi connectivity index (χ2v) is 6.00. The van der Waals surface area contributed by atoms with E-state index < -0.39 is 0 Å². The van der Waals surface area contributed by atoms with E-state index in [2.05, 4.69) is 6.92 Å². The molecule has 1 aromatic carbocycles. The summed E-state index contributed by atoms with van der Waals surface area (Å²) in [6.07, 6.45) is 2.42. The molecule has 0 saturated heterocycles. The zero-order valence-corrected chi connectivity index (χ0v) is 13.2. The largest absolute Gasteiger partial charge is 0.465 e. The quantitative estimate of drug-likeness (QED) is 0.313. The van der Waals surface area contributed by atoms with Gasteiger partial charge in [-0.05, 0) is 25.5 Å².